The first-order chi connectivity index (χ1) is 15.0. The van der Waals surface area contributed by atoms with Gasteiger partial charge in [-0.3, -0.25) is 9.36 Å². The van der Waals surface area contributed by atoms with Crippen molar-refractivity contribution in [2.24, 2.45) is 0 Å². The Morgan fingerprint density at radius 2 is 1.61 bits per heavy atom. The van der Waals surface area contributed by atoms with Crippen LogP contribution in [0.4, 0.5) is 4.39 Å². The van der Waals surface area contributed by atoms with Crippen molar-refractivity contribution in [3.05, 3.63) is 105 Å². The molecule has 0 aliphatic rings. The molecule has 0 bridgehead atoms. The van der Waals surface area contributed by atoms with E-state index in [2.05, 4.69) is 10.1 Å². The fourth-order valence-corrected chi connectivity index (χ4v) is 3.85. The predicted molar refractivity (Wildman–Crippen MR) is 120 cm³/mol. The molecular formula is C23H13Cl2FN4O. The van der Waals surface area contributed by atoms with E-state index in [-0.39, 0.29) is 17.0 Å². The summed E-state index contributed by atoms with van der Waals surface area (Å²) in [6, 6.07) is 19.9. The summed E-state index contributed by atoms with van der Waals surface area (Å²) in [6.07, 6.45) is 1.63. The van der Waals surface area contributed by atoms with Gasteiger partial charge in [-0.1, -0.05) is 41.4 Å². The van der Waals surface area contributed by atoms with Crippen LogP contribution in [0.15, 0.2) is 83.8 Å². The topological polar surface area (TPSA) is 52.7 Å². The highest BCUT2D eigenvalue weighted by Gasteiger charge is 2.19. The SMILES string of the molecule is O=c1c2cn(-c3ccccc3)nc2nc(-c2ccc(Cl)cc2Cl)n1-c1ccc(F)cc1. The van der Waals surface area contributed by atoms with Crippen molar-refractivity contribution in [1.82, 2.24) is 19.3 Å². The third-order valence-corrected chi connectivity index (χ3v) is 5.38. The summed E-state index contributed by atoms with van der Waals surface area (Å²) < 4.78 is 16.5. The van der Waals surface area contributed by atoms with Crippen LogP contribution in [0.25, 0.3) is 33.8 Å². The Bertz CT molecular complexity index is 1480. The fraction of sp³-hybridized carbons (Fsp3) is 0. The van der Waals surface area contributed by atoms with Gasteiger partial charge in [-0.2, -0.15) is 0 Å². The van der Waals surface area contributed by atoms with Gasteiger partial charge >= 0.3 is 0 Å². The van der Waals surface area contributed by atoms with Crippen LogP contribution in [-0.4, -0.2) is 19.3 Å². The van der Waals surface area contributed by atoms with E-state index in [4.69, 9.17) is 23.2 Å². The summed E-state index contributed by atoms with van der Waals surface area (Å²) in [6.45, 7) is 0. The van der Waals surface area contributed by atoms with Crippen molar-refractivity contribution >= 4 is 34.2 Å². The third-order valence-electron chi connectivity index (χ3n) is 4.83. The van der Waals surface area contributed by atoms with E-state index >= 15 is 0 Å². The molecular weight excluding hydrogens is 438 g/mol. The highest BCUT2D eigenvalue weighted by atomic mass is 35.5. The molecule has 0 aliphatic carbocycles. The van der Waals surface area contributed by atoms with E-state index in [9.17, 15) is 9.18 Å². The Labute approximate surface area is 185 Å². The van der Waals surface area contributed by atoms with Crippen molar-refractivity contribution in [2.75, 3.05) is 0 Å². The lowest BCUT2D eigenvalue weighted by molar-refractivity contribution is 0.627. The standard InChI is InChI=1S/C23H13Cl2FN4O/c24-14-6-11-18(20(25)12-14)22-27-21-19(13-29(28-21)16-4-2-1-3-5-16)23(31)30(22)17-9-7-15(26)8-10-17/h1-13H. The van der Waals surface area contributed by atoms with E-state index < -0.39 is 5.82 Å². The number of benzene rings is 3. The maximum absolute atomic E-state index is 13.5. The smallest absolute Gasteiger partial charge is 0.268 e. The lowest BCUT2D eigenvalue weighted by Gasteiger charge is -2.13. The zero-order valence-electron chi connectivity index (χ0n) is 15.8. The second-order valence-electron chi connectivity index (χ2n) is 6.82. The normalized spacial score (nSPS) is 11.2. The van der Waals surface area contributed by atoms with Gasteiger partial charge in [0.1, 0.15) is 11.2 Å². The van der Waals surface area contributed by atoms with Crippen LogP contribution < -0.4 is 5.56 Å². The summed E-state index contributed by atoms with van der Waals surface area (Å²) in [5, 5.41) is 5.60. The number of fused-ring (bicyclic) bond motifs is 1. The molecule has 0 amide bonds. The monoisotopic (exact) mass is 450 g/mol. The minimum Gasteiger partial charge on any atom is -0.268 e. The Kier molecular flexibility index (Phi) is 4.81. The minimum atomic E-state index is -0.409. The lowest BCUT2D eigenvalue weighted by Crippen LogP contribution is -2.21. The summed E-state index contributed by atoms with van der Waals surface area (Å²) >= 11 is 12.5. The van der Waals surface area contributed by atoms with Crippen molar-refractivity contribution < 1.29 is 4.39 Å². The van der Waals surface area contributed by atoms with Crippen molar-refractivity contribution in [1.29, 1.82) is 0 Å². The minimum absolute atomic E-state index is 0.272. The third kappa shape index (κ3) is 3.50. The number of aromatic nitrogens is 4. The van der Waals surface area contributed by atoms with E-state index in [0.29, 0.717) is 26.7 Å². The Hall–Kier alpha value is -3.48. The quantitative estimate of drug-likeness (QED) is 0.355. The van der Waals surface area contributed by atoms with Crippen LogP contribution in [0.3, 0.4) is 0 Å². The van der Waals surface area contributed by atoms with Crippen LogP contribution in [0.5, 0.6) is 0 Å². The Balaban J connectivity index is 1.83. The van der Waals surface area contributed by atoms with Crippen LogP contribution in [-0.2, 0) is 0 Å². The van der Waals surface area contributed by atoms with Gasteiger partial charge in [0.25, 0.3) is 5.56 Å². The molecule has 0 aliphatic heterocycles. The van der Waals surface area contributed by atoms with Gasteiger partial charge in [-0.05, 0) is 54.6 Å². The highest BCUT2D eigenvalue weighted by Crippen LogP contribution is 2.31. The summed E-state index contributed by atoms with van der Waals surface area (Å²) in [5.74, 6) is -0.127. The average Bonchev–Trinajstić information content (AvgIpc) is 3.20. The molecule has 0 saturated heterocycles. The van der Waals surface area contributed by atoms with Crippen LogP contribution >= 0.6 is 23.2 Å². The summed E-state index contributed by atoms with van der Waals surface area (Å²) in [5.41, 5.74) is 1.67. The molecule has 2 heterocycles. The number of hydrogen-bond acceptors (Lipinski definition) is 3. The molecule has 5 nitrogen and oxygen atoms in total. The summed E-state index contributed by atoms with van der Waals surface area (Å²) in [7, 11) is 0. The first kappa shape index (κ1) is 19.5. The highest BCUT2D eigenvalue weighted by molar-refractivity contribution is 6.36. The molecule has 0 spiro atoms. The molecule has 0 fully saturated rings. The largest absolute Gasteiger partial charge is 0.269 e. The van der Waals surface area contributed by atoms with Crippen LogP contribution in [0, 0.1) is 5.82 Å². The molecule has 5 aromatic rings. The lowest BCUT2D eigenvalue weighted by atomic mass is 10.2. The van der Waals surface area contributed by atoms with Crippen LogP contribution in [0.2, 0.25) is 10.0 Å². The fourth-order valence-electron chi connectivity index (χ4n) is 3.36. The Morgan fingerprint density at radius 1 is 0.871 bits per heavy atom. The molecule has 2 aromatic heterocycles. The zero-order chi connectivity index (χ0) is 21.5. The molecule has 0 N–H and O–H groups in total. The summed E-state index contributed by atoms with van der Waals surface area (Å²) in [4.78, 5) is 18.2. The number of hydrogen-bond donors (Lipinski definition) is 0. The number of nitrogens with zero attached hydrogens (tertiary/aromatic N) is 4. The number of halogens is 3. The van der Waals surface area contributed by atoms with Crippen molar-refractivity contribution in [3.63, 3.8) is 0 Å². The van der Waals surface area contributed by atoms with Gasteiger partial charge in [-0.25, -0.2) is 14.1 Å². The maximum atomic E-state index is 13.5. The van der Waals surface area contributed by atoms with Crippen molar-refractivity contribution in [3.8, 4) is 22.8 Å². The van der Waals surface area contributed by atoms with Gasteiger partial charge in [0.15, 0.2) is 11.5 Å². The number of rotatable bonds is 3. The van der Waals surface area contributed by atoms with E-state index in [0.717, 1.165) is 5.69 Å². The van der Waals surface area contributed by atoms with Crippen molar-refractivity contribution in [2.45, 2.75) is 0 Å². The molecule has 8 heteroatoms. The van der Waals surface area contributed by atoms with Gasteiger partial charge in [-0.15, -0.1) is 5.10 Å². The maximum Gasteiger partial charge on any atom is 0.269 e. The first-order valence-electron chi connectivity index (χ1n) is 9.30. The van der Waals surface area contributed by atoms with E-state index in [1.165, 1.54) is 28.8 Å². The second kappa shape index (κ2) is 7.65. The molecule has 3 aromatic carbocycles. The van der Waals surface area contributed by atoms with Gasteiger partial charge in [0.05, 0.1) is 16.4 Å². The molecule has 0 unspecified atom stereocenters. The molecule has 31 heavy (non-hydrogen) atoms. The molecule has 0 saturated carbocycles. The van der Waals surface area contributed by atoms with Gasteiger partial charge in [0.2, 0.25) is 0 Å². The van der Waals surface area contributed by atoms with E-state index in [1.54, 1.807) is 29.1 Å². The molecule has 0 radical (unpaired) electrons. The molecule has 0 atom stereocenters. The average molecular weight is 451 g/mol. The molecule has 152 valence electrons. The van der Waals surface area contributed by atoms with E-state index in [1.807, 2.05) is 30.3 Å². The zero-order valence-corrected chi connectivity index (χ0v) is 17.3. The van der Waals surface area contributed by atoms with Gasteiger partial charge in [0, 0.05) is 16.8 Å². The second-order valence-corrected chi connectivity index (χ2v) is 7.67. The van der Waals surface area contributed by atoms with Gasteiger partial charge < -0.3 is 0 Å². The Morgan fingerprint density at radius 3 is 2.32 bits per heavy atom. The number of para-hydroxylation sites is 1. The molecule has 5 rings (SSSR count). The first-order valence-corrected chi connectivity index (χ1v) is 10.1. The van der Waals surface area contributed by atoms with Crippen LogP contribution in [0.1, 0.15) is 0 Å². The predicted octanol–water partition coefficient (Wildman–Crippen LogP) is 5.68.